The summed E-state index contributed by atoms with van der Waals surface area (Å²) in [6.45, 7) is 22.5. The van der Waals surface area contributed by atoms with Crippen LogP contribution in [0.1, 0.15) is 115 Å². The van der Waals surface area contributed by atoms with Gasteiger partial charge in [0, 0.05) is 0 Å². The Bertz CT molecular complexity index is 928. The summed E-state index contributed by atoms with van der Waals surface area (Å²) in [5, 5.41) is 0. The topological polar surface area (TPSA) is 15.6 Å². The fourth-order valence-corrected chi connectivity index (χ4v) is 5.19. The summed E-state index contributed by atoms with van der Waals surface area (Å²) in [5.41, 5.74) is 10.4. The number of para-hydroxylation sites is 2. The number of hydrogen-bond acceptors (Lipinski definition) is 2. The third-order valence-corrected chi connectivity index (χ3v) is 7.80. The van der Waals surface area contributed by atoms with Crippen molar-refractivity contribution < 1.29 is 0 Å². The molecule has 0 aliphatic rings. The SMILES string of the molecule is CC(=CC(C)=Nc1c(C(C)C)cccc1C(C)C)[N]([GeH2])c1c(C(C)C)cccc1C(C)C. The van der Waals surface area contributed by atoms with Gasteiger partial charge in [0.15, 0.2) is 0 Å². The van der Waals surface area contributed by atoms with Gasteiger partial charge in [-0.15, -0.1) is 0 Å². The van der Waals surface area contributed by atoms with Gasteiger partial charge < -0.3 is 0 Å². The predicted molar refractivity (Wildman–Crippen MR) is 147 cm³/mol. The monoisotopic (exact) mass is 493 g/mol. The van der Waals surface area contributed by atoms with Crippen molar-refractivity contribution in [2.75, 3.05) is 3.86 Å². The Morgan fingerprint density at radius 2 is 1.09 bits per heavy atom. The third-order valence-electron chi connectivity index (χ3n) is 6.09. The Morgan fingerprint density at radius 1 is 0.719 bits per heavy atom. The minimum absolute atomic E-state index is 0.450. The molecule has 0 N–H and O–H groups in total. The third kappa shape index (κ3) is 6.16. The molecule has 3 heteroatoms. The van der Waals surface area contributed by atoms with Gasteiger partial charge in [0.25, 0.3) is 0 Å². The van der Waals surface area contributed by atoms with Crippen molar-refractivity contribution in [2.45, 2.75) is 92.9 Å². The normalized spacial score (nSPS) is 13.1. The van der Waals surface area contributed by atoms with Crippen molar-refractivity contribution in [1.82, 2.24) is 0 Å². The van der Waals surface area contributed by atoms with Gasteiger partial charge in [-0.3, -0.25) is 0 Å². The summed E-state index contributed by atoms with van der Waals surface area (Å²) < 4.78 is 2.47. The molecule has 2 rings (SSSR count). The van der Waals surface area contributed by atoms with Crippen LogP contribution in [0.2, 0.25) is 0 Å². The molecule has 0 spiro atoms. The van der Waals surface area contributed by atoms with Crippen LogP contribution in [0.25, 0.3) is 0 Å². The molecule has 0 fully saturated rings. The summed E-state index contributed by atoms with van der Waals surface area (Å²) in [6, 6.07) is 13.4. The van der Waals surface area contributed by atoms with Gasteiger partial charge in [-0.25, -0.2) is 0 Å². The van der Waals surface area contributed by atoms with Gasteiger partial charge in [0.1, 0.15) is 0 Å². The molecule has 2 aromatic carbocycles. The van der Waals surface area contributed by atoms with Gasteiger partial charge in [0.2, 0.25) is 0 Å². The van der Waals surface area contributed by atoms with Crippen LogP contribution in [-0.2, 0) is 0 Å². The summed E-state index contributed by atoms with van der Waals surface area (Å²) in [5.74, 6) is 1.89. The number of aliphatic imine (C=N–C) groups is 1. The molecule has 0 aromatic heterocycles. The van der Waals surface area contributed by atoms with Crippen molar-refractivity contribution in [1.29, 1.82) is 0 Å². The second kappa shape index (κ2) is 11.4. The van der Waals surface area contributed by atoms with Gasteiger partial charge in [-0.05, 0) is 0 Å². The number of nitrogens with zero attached hydrogens (tertiary/aromatic N) is 2. The maximum atomic E-state index is 5.16. The Balaban J connectivity index is 2.55. The van der Waals surface area contributed by atoms with E-state index in [9.17, 15) is 0 Å². The van der Waals surface area contributed by atoms with Crippen LogP contribution in [0, 0.1) is 0 Å². The first kappa shape index (κ1) is 26.4. The molecule has 0 unspecified atom stereocenters. The zero-order chi connectivity index (χ0) is 24.2. The maximum absolute atomic E-state index is 5.16. The molecule has 0 bridgehead atoms. The molecular weight excluding hydrogens is 449 g/mol. The second-order valence-electron chi connectivity index (χ2n) is 10.2. The molecule has 0 saturated carbocycles. The van der Waals surface area contributed by atoms with Crippen LogP contribution in [0.4, 0.5) is 11.4 Å². The van der Waals surface area contributed by atoms with Gasteiger partial charge in [-0.1, -0.05) is 0 Å². The number of rotatable bonds is 8. The second-order valence-corrected chi connectivity index (χ2v) is 11.5. The first-order valence-corrected chi connectivity index (χ1v) is 13.4. The van der Waals surface area contributed by atoms with Crippen LogP contribution in [0.5, 0.6) is 0 Å². The van der Waals surface area contributed by atoms with Crippen LogP contribution in [0.15, 0.2) is 53.2 Å². The van der Waals surface area contributed by atoms with Gasteiger partial charge in [-0.2, -0.15) is 0 Å². The average molecular weight is 492 g/mol. The van der Waals surface area contributed by atoms with Crippen LogP contribution >= 0.6 is 0 Å². The molecule has 2 nitrogen and oxygen atoms in total. The number of hydrogen-bond donors (Lipinski definition) is 0. The molecule has 1 radical (unpaired) electrons. The summed E-state index contributed by atoms with van der Waals surface area (Å²) in [4.78, 5) is 5.16. The van der Waals surface area contributed by atoms with Crippen molar-refractivity contribution in [3.05, 3.63) is 70.4 Å². The van der Waals surface area contributed by atoms with E-state index < -0.39 is 0 Å². The number of anilines is 1. The number of benzene rings is 2. The standard InChI is InChI=1S/C29H43GeN2/c1-18(2)24-13-11-14-25(19(3)4)28(24)31-22(9)17-23(10)32(30)29-26(20(5)6)15-12-16-27(29)21(7)8/h11-21H,30H2,1-10H3. The molecule has 0 aliphatic heterocycles. The van der Waals surface area contributed by atoms with Crippen LogP contribution < -0.4 is 3.86 Å². The molecule has 0 saturated heterocycles. The van der Waals surface area contributed by atoms with E-state index in [0.717, 1.165) is 28.1 Å². The zero-order valence-corrected chi connectivity index (χ0v) is 24.9. The summed E-state index contributed by atoms with van der Waals surface area (Å²) in [7, 11) is 0. The van der Waals surface area contributed by atoms with E-state index in [2.05, 4.69) is 116 Å². The summed E-state index contributed by atoms with van der Waals surface area (Å²) >= 11 is 1.05. The predicted octanol–water partition coefficient (Wildman–Crippen LogP) is 8.23. The molecule has 0 atom stereocenters. The molecule has 2 aromatic rings. The van der Waals surface area contributed by atoms with Gasteiger partial charge in [0.05, 0.1) is 0 Å². The molecule has 32 heavy (non-hydrogen) atoms. The number of allylic oxidation sites excluding steroid dienone is 2. The van der Waals surface area contributed by atoms with Crippen molar-refractivity contribution in [3.8, 4) is 0 Å². The van der Waals surface area contributed by atoms with E-state index >= 15 is 0 Å². The van der Waals surface area contributed by atoms with Crippen molar-refractivity contribution in [3.63, 3.8) is 0 Å². The van der Waals surface area contributed by atoms with E-state index in [4.69, 9.17) is 4.99 Å². The fraction of sp³-hybridized carbons (Fsp3) is 0.483. The fourth-order valence-electron chi connectivity index (χ4n) is 4.23. The Labute approximate surface area is 205 Å². The van der Waals surface area contributed by atoms with Gasteiger partial charge >= 0.3 is 206 Å². The Kier molecular flexibility index (Phi) is 9.39. The van der Waals surface area contributed by atoms with E-state index in [1.807, 2.05) is 0 Å². The molecule has 173 valence electrons. The summed E-state index contributed by atoms with van der Waals surface area (Å²) in [6.07, 6.45) is 2.26. The van der Waals surface area contributed by atoms with Crippen LogP contribution in [0.3, 0.4) is 0 Å². The minimum atomic E-state index is 0.450. The quantitative estimate of drug-likeness (QED) is 0.268. The van der Waals surface area contributed by atoms with E-state index in [0.29, 0.717) is 23.7 Å². The van der Waals surface area contributed by atoms with E-state index in [-0.39, 0.29) is 0 Å². The van der Waals surface area contributed by atoms with E-state index in [1.54, 1.807) is 0 Å². The average Bonchev–Trinajstić information content (AvgIpc) is 2.71. The Hall–Kier alpha value is -1.81. The first-order chi connectivity index (χ1) is 15.0. The Morgan fingerprint density at radius 3 is 1.47 bits per heavy atom. The molecule has 0 amide bonds. The van der Waals surface area contributed by atoms with Crippen molar-refractivity contribution >= 4 is 33.8 Å². The van der Waals surface area contributed by atoms with E-state index in [1.165, 1.54) is 33.6 Å². The van der Waals surface area contributed by atoms with Crippen molar-refractivity contribution in [2.24, 2.45) is 4.99 Å². The molecular formula is C29H43GeN2. The zero-order valence-electron chi connectivity index (χ0n) is 22.0. The molecule has 0 heterocycles. The first-order valence-electron chi connectivity index (χ1n) is 12.0. The molecule has 0 aliphatic carbocycles. The van der Waals surface area contributed by atoms with Crippen LogP contribution in [-0.4, -0.2) is 22.4 Å².